The van der Waals surface area contributed by atoms with Crippen LogP contribution in [-0.4, -0.2) is 60.8 Å². The number of carbonyl (C=O) groups excluding carboxylic acids is 1. The SMILES string of the molecule is Cc1ccccc1OC1(Oc2ccccc2Cl)N=C(N2CCN(C)CC2)NC=C1C(N)=O. The number of piperazine rings is 1. The topological polar surface area (TPSA) is 92.4 Å². The number of nitrogens with one attached hydrogen (secondary N) is 1. The lowest BCUT2D eigenvalue weighted by Gasteiger charge is -2.39. The summed E-state index contributed by atoms with van der Waals surface area (Å²) in [5.74, 6) is -1.22. The first-order valence-electron chi connectivity index (χ1n) is 10.4. The zero-order valence-electron chi connectivity index (χ0n) is 18.0. The Morgan fingerprint density at radius 3 is 2.34 bits per heavy atom. The van der Waals surface area contributed by atoms with Gasteiger partial charge in [-0.1, -0.05) is 41.9 Å². The molecule has 1 atom stereocenters. The highest BCUT2D eigenvalue weighted by Gasteiger charge is 2.47. The number of halogens is 1. The molecule has 2 heterocycles. The van der Waals surface area contributed by atoms with Crippen molar-refractivity contribution in [3.63, 3.8) is 0 Å². The summed E-state index contributed by atoms with van der Waals surface area (Å²) < 4.78 is 12.6. The van der Waals surface area contributed by atoms with Crippen LogP contribution in [0.25, 0.3) is 0 Å². The Hall–Kier alpha value is -3.23. The number of hydrogen-bond donors (Lipinski definition) is 2. The van der Waals surface area contributed by atoms with Crippen molar-refractivity contribution in [1.29, 1.82) is 0 Å². The summed E-state index contributed by atoms with van der Waals surface area (Å²) in [5.41, 5.74) is 6.62. The lowest BCUT2D eigenvalue weighted by atomic mass is 10.1. The van der Waals surface area contributed by atoms with Gasteiger partial charge in [0.1, 0.15) is 17.1 Å². The monoisotopic (exact) mass is 455 g/mol. The number of guanidine groups is 1. The summed E-state index contributed by atoms with van der Waals surface area (Å²) in [6.45, 7) is 5.18. The summed E-state index contributed by atoms with van der Waals surface area (Å²) in [6, 6.07) is 14.4. The molecule has 1 saturated heterocycles. The second-order valence-electron chi connectivity index (χ2n) is 7.77. The van der Waals surface area contributed by atoms with Crippen LogP contribution in [0, 0.1) is 6.92 Å². The van der Waals surface area contributed by atoms with Gasteiger partial charge in [0.05, 0.1) is 5.02 Å². The van der Waals surface area contributed by atoms with Gasteiger partial charge in [-0.15, -0.1) is 0 Å². The summed E-state index contributed by atoms with van der Waals surface area (Å²) >= 11 is 6.37. The largest absolute Gasteiger partial charge is 0.430 e. The van der Waals surface area contributed by atoms with Gasteiger partial charge in [0.15, 0.2) is 0 Å². The second kappa shape index (κ2) is 9.10. The molecule has 32 heavy (non-hydrogen) atoms. The third kappa shape index (κ3) is 4.51. The van der Waals surface area contributed by atoms with Crippen LogP contribution in [0.1, 0.15) is 5.56 Å². The number of aliphatic imine (C=N–C) groups is 1. The smallest absolute Gasteiger partial charge is 0.395 e. The molecule has 9 heteroatoms. The molecule has 1 unspecified atom stereocenters. The van der Waals surface area contributed by atoms with Gasteiger partial charge in [-0.2, -0.15) is 4.99 Å². The lowest BCUT2D eigenvalue weighted by molar-refractivity contribution is -0.124. The average Bonchev–Trinajstić information content (AvgIpc) is 2.77. The highest BCUT2D eigenvalue weighted by atomic mass is 35.5. The molecule has 2 aliphatic heterocycles. The normalized spacial score (nSPS) is 21.3. The number of hydrogen-bond acceptors (Lipinski definition) is 7. The minimum Gasteiger partial charge on any atom is -0.430 e. The third-order valence-corrected chi connectivity index (χ3v) is 5.75. The van der Waals surface area contributed by atoms with Crippen molar-refractivity contribution in [3.8, 4) is 11.5 Å². The Kier molecular flexibility index (Phi) is 6.25. The molecule has 0 bridgehead atoms. The molecule has 8 nitrogen and oxygen atoms in total. The van der Waals surface area contributed by atoms with E-state index in [1.165, 1.54) is 6.20 Å². The lowest BCUT2D eigenvalue weighted by Crippen LogP contribution is -2.57. The van der Waals surface area contributed by atoms with E-state index in [4.69, 9.17) is 31.8 Å². The first-order valence-corrected chi connectivity index (χ1v) is 10.7. The Balaban J connectivity index is 1.81. The van der Waals surface area contributed by atoms with E-state index in [0.29, 0.717) is 22.5 Å². The van der Waals surface area contributed by atoms with Crippen molar-refractivity contribution < 1.29 is 14.3 Å². The Morgan fingerprint density at radius 1 is 1.06 bits per heavy atom. The number of primary amides is 1. The zero-order valence-corrected chi connectivity index (χ0v) is 18.8. The van der Waals surface area contributed by atoms with E-state index in [1.807, 2.05) is 25.1 Å². The molecule has 0 spiro atoms. The number of nitrogens with zero attached hydrogens (tertiary/aromatic N) is 3. The van der Waals surface area contributed by atoms with Crippen molar-refractivity contribution in [1.82, 2.24) is 15.1 Å². The molecular formula is C23H26ClN5O3. The standard InChI is InChI=1S/C23H26ClN5O3/c1-16-7-3-5-9-19(16)31-23(32-20-10-6-4-8-18(20)24)17(21(25)30)15-26-22(27-23)29-13-11-28(2)12-14-29/h3-10,15H,11-14H2,1-2H3,(H2,25,30)(H,26,27). The molecule has 0 aromatic heterocycles. The van der Waals surface area contributed by atoms with Gasteiger partial charge in [-0.05, 0) is 37.7 Å². The van der Waals surface area contributed by atoms with Gasteiger partial charge in [0.25, 0.3) is 5.91 Å². The summed E-state index contributed by atoms with van der Waals surface area (Å²) in [7, 11) is 2.07. The van der Waals surface area contributed by atoms with E-state index in [1.54, 1.807) is 30.3 Å². The van der Waals surface area contributed by atoms with Crippen LogP contribution in [-0.2, 0) is 4.79 Å². The van der Waals surface area contributed by atoms with Crippen LogP contribution in [0.15, 0.2) is 65.3 Å². The van der Waals surface area contributed by atoms with Crippen LogP contribution in [0.2, 0.25) is 5.02 Å². The van der Waals surface area contributed by atoms with Gasteiger partial charge < -0.3 is 30.3 Å². The highest BCUT2D eigenvalue weighted by molar-refractivity contribution is 6.32. The van der Waals surface area contributed by atoms with Crippen molar-refractivity contribution in [2.24, 2.45) is 10.7 Å². The van der Waals surface area contributed by atoms with Crippen LogP contribution in [0.5, 0.6) is 11.5 Å². The van der Waals surface area contributed by atoms with Gasteiger partial charge in [-0.3, -0.25) is 4.79 Å². The quantitative estimate of drug-likeness (QED) is 0.672. The number of ether oxygens (including phenoxy) is 2. The molecule has 4 rings (SSSR count). The summed E-state index contributed by atoms with van der Waals surface area (Å²) in [4.78, 5) is 21.6. The molecule has 2 aliphatic rings. The Bertz CT molecular complexity index is 1020. The van der Waals surface area contributed by atoms with E-state index in [-0.39, 0.29) is 5.57 Å². The van der Waals surface area contributed by atoms with E-state index >= 15 is 0 Å². The number of rotatable bonds is 5. The maximum absolute atomic E-state index is 12.5. The predicted octanol–water partition coefficient (Wildman–Crippen LogP) is 2.34. The fourth-order valence-corrected chi connectivity index (χ4v) is 3.71. The van der Waals surface area contributed by atoms with Crippen LogP contribution < -0.4 is 20.5 Å². The number of likely N-dealkylation sites (N-methyl/N-ethyl adjacent to an activating group) is 1. The van der Waals surface area contributed by atoms with Crippen LogP contribution in [0.3, 0.4) is 0 Å². The average molecular weight is 456 g/mol. The van der Waals surface area contributed by atoms with Gasteiger partial charge in [0.2, 0.25) is 5.96 Å². The molecule has 3 N–H and O–H groups in total. The predicted molar refractivity (Wildman–Crippen MR) is 124 cm³/mol. The fourth-order valence-electron chi connectivity index (χ4n) is 3.54. The van der Waals surface area contributed by atoms with Crippen molar-refractivity contribution in [2.45, 2.75) is 12.8 Å². The van der Waals surface area contributed by atoms with Crippen LogP contribution >= 0.6 is 11.6 Å². The fraction of sp³-hybridized carbons (Fsp3) is 0.304. The van der Waals surface area contributed by atoms with E-state index in [2.05, 4.69) is 22.2 Å². The van der Waals surface area contributed by atoms with Crippen molar-refractivity contribution in [3.05, 3.63) is 70.9 Å². The molecule has 168 valence electrons. The Labute approximate surface area is 192 Å². The molecule has 1 amide bonds. The Morgan fingerprint density at radius 2 is 1.69 bits per heavy atom. The maximum atomic E-state index is 12.5. The van der Waals surface area contributed by atoms with Crippen molar-refractivity contribution in [2.75, 3.05) is 33.2 Å². The maximum Gasteiger partial charge on any atom is 0.395 e. The first-order chi connectivity index (χ1) is 15.4. The molecular weight excluding hydrogens is 430 g/mol. The highest BCUT2D eigenvalue weighted by Crippen LogP contribution is 2.36. The molecule has 0 aliphatic carbocycles. The number of aryl methyl sites for hydroxylation is 1. The molecule has 2 aromatic rings. The minimum absolute atomic E-state index is 0.0264. The first kappa shape index (κ1) is 22.0. The van der Waals surface area contributed by atoms with E-state index in [0.717, 1.165) is 31.7 Å². The third-order valence-electron chi connectivity index (χ3n) is 5.43. The molecule has 0 saturated carbocycles. The number of nitrogens with two attached hydrogens (primary N) is 1. The molecule has 1 fully saturated rings. The van der Waals surface area contributed by atoms with Gasteiger partial charge in [0, 0.05) is 32.4 Å². The number of carbonyl (C=O) groups is 1. The molecule has 2 aromatic carbocycles. The van der Waals surface area contributed by atoms with Gasteiger partial charge >= 0.3 is 5.91 Å². The molecule has 0 radical (unpaired) electrons. The summed E-state index contributed by atoms with van der Waals surface area (Å²) in [5, 5.41) is 3.45. The number of amides is 1. The van der Waals surface area contributed by atoms with E-state index < -0.39 is 11.8 Å². The number of para-hydroxylation sites is 2. The van der Waals surface area contributed by atoms with Gasteiger partial charge in [-0.25, -0.2) is 0 Å². The van der Waals surface area contributed by atoms with Crippen LogP contribution in [0.4, 0.5) is 0 Å². The van der Waals surface area contributed by atoms with E-state index in [9.17, 15) is 4.79 Å². The minimum atomic E-state index is -1.85. The van der Waals surface area contributed by atoms with Crippen molar-refractivity contribution >= 4 is 23.5 Å². The second-order valence-corrected chi connectivity index (χ2v) is 8.18. The zero-order chi connectivity index (χ0) is 22.7. The number of benzene rings is 2. The summed E-state index contributed by atoms with van der Waals surface area (Å²) in [6.07, 6.45) is 1.50.